The maximum absolute atomic E-state index is 12.8. The molecule has 2 N–H and O–H groups in total. The van der Waals surface area contributed by atoms with Gasteiger partial charge in [0.25, 0.3) is 11.5 Å². The molecule has 3 aromatic heterocycles. The zero-order chi connectivity index (χ0) is 17.3. The number of aryl methyl sites for hydroxylation is 1. The molecule has 0 spiro atoms. The van der Waals surface area contributed by atoms with Crippen LogP contribution in [0.1, 0.15) is 30.6 Å². The largest absolute Gasteiger partial charge is 0.352 e. The van der Waals surface area contributed by atoms with Gasteiger partial charge in [0.05, 0.1) is 10.9 Å². The zero-order valence-corrected chi connectivity index (χ0v) is 13.7. The molecule has 0 aromatic carbocycles. The van der Waals surface area contributed by atoms with Gasteiger partial charge < -0.3 is 9.88 Å². The lowest BCUT2D eigenvalue weighted by molar-refractivity contribution is 0.0953. The number of rotatable bonds is 4. The second-order valence-electron chi connectivity index (χ2n) is 5.50. The van der Waals surface area contributed by atoms with Crippen LogP contribution in [0.5, 0.6) is 0 Å². The van der Waals surface area contributed by atoms with Crippen molar-refractivity contribution in [3.8, 4) is 0 Å². The van der Waals surface area contributed by atoms with E-state index < -0.39 is 0 Å². The van der Waals surface area contributed by atoms with E-state index in [2.05, 4.69) is 10.3 Å². The maximum atomic E-state index is 12.8. The topological polar surface area (TPSA) is 92.2 Å². The van der Waals surface area contributed by atoms with E-state index in [1.165, 1.54) is 10.5 Å². The van der Waals surface area contributed by atoms with E-state index in [0.29, 0.717) is 29.8 Å². The number of amides is 1. The van der Waals surface area contributed by atoms with Crippen LogP contribution in [0.15, 0.2) is 35.3 Å². The van der Waals surface area contributed by atoms with Crippen LogP contribution < -0.4 is 16.4 Å². The molecule has 124 valence electrons. The summed E-state index contributed by atoms with van der Waals surface area (Å²) in [5.74, 6) is -0.355. The van der Waals surface area contributed by atoms with Crippen molar-refractivity contribution in [3.05, 3.63) is 51.9 Å². The molecule has 0 saturated carbocycles. The standard InChI is InChI=1S/C17H19N5O2/c1-3-8-22-14(18)11(16(23)19-4-2)10-12-15(22)20-13-7-5-6-9-21(13)17(12)24/h5-7,9-10,18H,3-4,8H2,1-2H3,(H,19,23). The van der Waals surface area contributed by atoms with Gasteiger partial charge in [-0.25, -0.2) is 4.98 Å². The fraction of sp³-hybridized carbons (Fsp3) is 0.294. The molecule has 0 saturated heterocycles. The predicted molar refractivity (Wildman–Crippen MR) is 91.1 cm³/mol. The summed E-state index contributed by atoms with van der Waals surface area (Å²) in [5.41, 5.74) is 0.970. The van der Waals surface area contributed by atoms with Crippen LogP contribution in [-0.2, 0) is 6.54 Å². The highest BCUT2D eigenvalue weighted by Gasteiger charge is 2.16. The second kappa shape index (κ2) is 6.27. The normalized spacial score (nSPS) is 11.1. The third kappa shape index (κ3) is 2.47. The van der Waals surface area contributed by atoms with Gasteiger partial charge in [0.15, 0.2) is 0 Å². The van der Waals surface area contributed by atoms with Crippen LogP contribution in [0.3, 0.4) is 0 Å². The van der Waals surface area contributed by atoms with Crippen molar-refractivity contribution >= 4 is 22.6 Å². The molecule has 0 fully saturated rings. The Morgan fingerprint density at radius 2 is 2.12 bits per heavy atom. The molecule has 7 heteroatoms. The molecule has 1 amide bonds. The van der Waals surface area contributed by atoms with Crippen LogP contribution in [0.2, 0.25) is 0 Å². The summed E-state index contributed by atoms with van der Waals surface area (Å²) in [6.45, 7) is 4.76. The van der Waals surface area contributed by atoms with Crippen molar-refractivity contribution in [2.24, 2.45) is 0 Å². The molecule has 3 rings (SSSR count). The lowest BCUT2D eigenvalue weighted by Gasteiger charge is -2.13. The number of fused-ring (bicyclic) bond motifs is 2. The first kappa shape index (κ1) is 15.9. The van der Waals surface area contributed by atoms with Gasteiger partial charge >= 0.3 is 0 Å². The minimum absolute atomic E-state index is 0.0717. The number of carbonyl (C=O) groups is 1. The Labute approximate surface area is 138 Å². The van der Waals surface area contributed by atoms with Crippen LogP contribution >= 0.6 is 0 Å². The van der Waals surface area contributed by atoms with Crippen LogP contribution in [0.25, 0.3) is 16.7 Å². The molecule has 0 unspecified atom stereocenters. The number of hydrogen-bond acceptors (Lipinski definition) is 4. The SMILES string of the molecule is CCCn1c(=N)c(C(=O)NCC)cc2c(=O)n3ccccc3nc21. The highest BCUT2D eigenvalue weighted by Crippen LogP contribution is 2.10. The van der Waals surface area contributed by atoms with Crippen LogP contribution in [-0.4, -0.2) is 26.4 Å². The van der Waals surface area contributed by atoms with E-state index in [0.717, 1.165) is 6.42 Å². The number of nitrogens with one attached hydrogen (secondary N) is 2. The third-order valence-electron chi connectivity index (χ3n) is 3.85. The van der Waals surface area contributed by atoms with Crippen LogP contribution in [0, 0.1) is 5.41 Å². The van der Waals surface area contributed by atoms with Gasteiger partial charge in [-0.3, -0.25) is 19.4 Å². The van der Waals surface area contributed by atoms with Gasteiger partial charge in [0.1, 0.15) is 16.8 Å². The van der Waals surface area contributed by atoms with Gasteiger partial charge in [-0.2, -0.15) is 0 Å². The highest BCUT2D eigenvalue weighted by atomic mass is 16.1. The van der Waals surface area contributed by atoms with Gasteiger partial charge in [0, 0.05) is 19.3 Å². The Balaban J connectivity index is 2.46. The smallest absolute Gasteiger partial charge is 0.267 e. The minimum atomic E-state index is -0.355. The Hall–Kier alpha value is -2.96. The van der Waals surface area contributed by atoms with Gasteiger partial charge in [0.2, 0.25) is 0 Å². The van der Waals surface area contributed by atoms with Crippen molar-refractivity contribution in [2.45, 2.75) is 26.8 Å². The first-order valence-corrected chi connectivity index (χ1v) is 7.96. The van der Waals surface area contributed by atoms with Crippen molar-refractivity contribution in [3.63, 3.8) is 0 Å². The summed E-state index contributed by atoms with van der Waals surface area (Å²) >= 11 is 0. The molecule has 0 aliphatic carbocycles. The number of pyridine rings is 2. The number of nitrogens with zero attached hydrogens (tertiary/aromatic N) is 3. The number of carbonyl (C=O) groups excluding carboxylic acids is 1. The Morgan fingerprint density at radius 3 is 2.83 bits per heavy atom. The Bertz CT molecular complexity index is 1050. The monoisotopic (exact) mass is 325 g/mol. The molecule has 24 heavy (non-hydrogen) atoms. The van der Waals surface area contributed by atoms with Crippen molar-refractivity contribution < 1.29 is 4.79 Å². The summed E-state index contributed by atoms with van der Waals surface area (Å²) in [4.78, 5) is 29.6. The van der Waals surface area contributed by atoms with E-state index >= 15 is 0 Å². The maximum Gasteiger partial charge on any atom is 0.267 e. The summed E-state index contributed by atoms with van der Waals surface area (Å²) in [6.07, 6.45) is 2.41. The first-order chi connectivity index (χ1) is 11.6. The molecule has 0 bridgehead atoms. The average Bonchev–Trinajstić information content (AvgIpc) is 2.58. The van der Waals surface area contributed by atoms with E-state index in [1.54, 1.807) is 22.9 Å². The molecular weight excluding hydrogens is 306 g/mol. The summed E-state index contributed by atoms with van der Waals surface area (Å²) in [7, 11) is 0. The molecule has 3 heterocycles. The van der Waals surface area contributed by atoms with Crippen molar-refractivity contribution in [2.75, 3.05) is 6.54 Å². The number of hydrogen-bond donors (Lipinski definition) is 2. The fourth-order valence-electron chi connectivity index (χ4n) is 2.76. The lowest BCUT2D eigenvalue weighted by Crippen LogP contribution is -2.34. The molecule has 0 aliphatic rings. The third-order valence-corrected chi connectivity index (χ3v) is 3.85. The fourth-order valence-corrected chi connectivity index (χ4v) is 2.76. The quantitative estimate of drug-likeness (QED) is 0.708. The summed E-state index contributed by atoms with van der Waals surface area (Å²) in [5, 5.41) is 11.4. The molecule has 3 aromatic rings. The molecular formula is C17H19N5O2. The van der Waals surface area contributed by atoms with Gasteiger partial charge in [-0.1, -0.05) is 13.0 Å². The Morgan fingerprint density at radius 1 is 1.33 bits per heavy atom. The number of aromatic nitrogens is 3. The van der Waals surface area contributed by atoms with Crippen molar-refractivity contribution in [1.29, 1.82) is 5.41 Å². The molecule has 7 nitrogen and oxygen atoms in total. The summed E-state index contributed by atoms with van der Waals surface area (Å²) < 4.78 is 3.08. The molecule has 0 aliphatic heterocycles. The highest BCUT2D eigenvalue weighted by molar-refractivity contribution is 5.96. The summed E-state index contributed by atoms with van der Waals surface area (Å²) in [6, 6.07) is 6.79. The van der Waals surface area contributed by atoms with E-state index in [1.807, 2.05) is 19.9 Å². The molecule has 0 atom stereocenters. The van der Waals surface area contributed by atoms with Gasteiger partial charge in [-0.15, -0.1) is 0 Å². The minimum Gasteiger partial charge on any atom is -0.352 e. The van der Waals surface area contributed by atoms with Gasteiger partial charge in [-0.05, 0) is 31.5 Å². The van der Waals surface area contributed by atoms with E-state index in [4.69, 9.17) is 5.41 Å². The van der Waals surface area contributed by atoms with Crippen LogP contribution in [0.4, 0.5) is 0 Å². The second-order valence-corrected chi connectivity index (χ2v) is 5.50. The molecule has 0 radical (unpaired) electrons. The average molecular weight is 325 g/mol. The predicted octanol–water partition coefficient (Wildman–Crippen LogP) is 1.29. The Kier molecular flexibility index (Phi) is 4.16. The van der Waals surface area contributed by atoms with E-state index in [9.17, 15) is 9.59 Å². The van der Waals surface area contributed by atoms with Crippen molar-refractivity contribution in [1.82, 2.24) is 19.3 Å². The lowest BCUT2D eigenvalue weighted by atomic mass is 10.2. The first-order valence-electron chi connectivity index (χ1n) is 7.96. The zero-order valence-electron chi connectivity index (χ0n) is 13.7. The van der Waals surface area contributed by atoms with E-state index in [-0.39, 0.29) is 22.5 Å².